The number of nitrogens with zero attached hydrogens (tertiary/aromatic N) is 2. The van der Waals surface area contributed by atoms with E-state index >= 15 is 0 Å². The van der Waals surface area contributed by atoms with Crippen molar-refractivity contribution < 1.29 is 18.0 Å². The zero-order chi connectivity index (χ0) is 27.0. The number of hydrogen-bond acceptors (Lipinski definition) is 4. The SMILES string of the molecule is CCNC(=O)[C@H](Cc1ccccc1)N(Cc1ccc(Br)cc1)C(=O)CN(C)S(=O)(=O)c1ccc(C)cc1. The van der Waals surface area contributed by atoms with Gasteiger partial charge in [-0.15, -0.1) is 0 Å². The average Bonchev–Trinajstić information content (AvgIpc) is 2.88. The number of amides is 2. The van der Waals surface area contributed by atoms with Crippen LogP contribution in [0.25, 0.3) is 0 Å². The van der Waals surface area contributed by atoms with E-state index in [2.05, 4.69) is 21.2 Å². The van der Waals surface area contributed by atoms with E-state index in [-0.39, 0.29) is 17.3 Å². The first-order valence-electron chi connectivity index (χ1n) is 12.0. The molecular formula is C28H32BrN3O4S. The van der Waals surface area contributed by atoms with Gasteiger partial charge in [0.25, 0.3) is 0 Å². The number of aryl methyl sites for hydroxylation is 1. The predicted octanol–water partition coefficient (Wildman–Crippen LogP) is 4.15. The molecule has 0 unspecified atom stereocenters. The fourth-order valence-electron chi connectivity index (χ4n) is 3.89. The third-order valence-corrected chi connectivity index (χ3v) is 8.32. The molecule has 1 N–H and O–H groups in total. The quantitative estimate of drug-likeness (QED) is 0.366. The van der Waals surface area contributed by atoms with Crippen LogP contribution in [-0.4, -0.2) is 55.6 Å². The molecule has 3 aromatic carbocycles. The van der Waals surface area contributed by atoms with Gasteiger partial charge in [0, 0.05) is 31.0 Å². The van der Waals surface area contributed by atoms with Crippen molar-refractivity contribution in [2.45, 2.75) is 37.8 Å². The van der Waals surface area contributed by atoms with Gasteiger partial charge in [-0.1, -0.05) is 76.1 Å². The number of carbonyl (C=O) groups excluding carboxylic acids is 2. The Bertz CT molecular complexity index is 1300. The van der Waals surface area contributed by atoms with Gasteiger partial charge in [0.2, 0.25) is 21.8 Å². The highest BCUT2D eigenvalue weighted by molar-refractivity contribution is 9.10. The summed E-state index contributed by atoms with van der Waals surface area (Å²) in [5.74, 6) is -0.755. The van der Waals surface area contributed by atoms with Crippen LogP contribution < -0.4 is 5.32 Å². The summed E-state index contributed by atoms with van der Waals surface area (Å²) in [6.07, 6.45) is 0.295. The number of hydrogen-bond donors (Lipinski definition) is 1. The summed E-state index contributed by atoms with van der Waals surface area (Å²) >= 11 is 3.42. The predicted molar refractivity (Wildman–Crippen MR) is 148 cm³/mol. The minimum atomic E-state index is -3.90. The van der Waals surface area contributed by atoms with E-state index in [4.69, 9.17) is 0 Å². The van der Waals surface area contributed by atoms with Crippen molar-refractivity contribution in [1.82, 2.24) is 14.5 Å². The van der Waals surface area contributed by atoms with Gasteiger partial charge >= 0.3 is 0 Å². The second kappa shape index (κ2) is 13.0. The van der Waals surface area contributed by atoms with Crippen molar-refractivity contribution in [3.63, 3.8) is 0 Å². The molecule has 0 aromatic heterocycles. The molecule has 1 atom stereocenters. The molecule has 3 rings (SSSR count). The average molecular weight is 587 g/mol. The second-order valence-electron chi connectivity index (χ2n) is 8.82. The molecule has 0 bridgehead atoms. The smallest absolute Gasteiger partial charge is 0.243 e. The highest BCUT2D eigenvalue weighted by Gasteiger charge is 2.32. The molecule has 196 valence electrons. The maximum atomic E-state index is 13.7. The van der Waals surface area contributed by atoms with Crippen LogP contribution in [0, 0.1) is 6.92 Å². The van der Waals surface area contributed by atoms with Crippen LogP contribution in [0.4, 0.5) is 0 Å². The van der Waals surface area contributed by atoms with Gasteiger partial charge in [-0.05, 0) is 49.2 Å². The normalized spacial score (nSPS) is 12.2. The number of nitrogens with one attached hydrogen (secondary N) is 1. The summed E-state index contributed by atoms with van der Waals surface area (Å²) in [5.41, 5.74) is 2.65. The van der Waals surface area contributed by atoms with Crippen molar-refractivity contribution in [2.75, 3.05) is 20.1 Å². The van der Waals surface area contributed by atoms with Gasteiger partial charge in [0.1, 0.15) is 6.04 Å². The third-order valence-electron chi connectivity index (χ3n) is 5.98. The molecule has 0 heterocycles. The van der Waals surface area contributed by atoms with E-state index in [1.807, 2.05) is 68.4 Å². The molecule has 0 aliphatic carbocycles. The summed E-state index contributed by atoms with van der Waals surface area (Å²) in [6.45, 7) is 3.85. The molecule has 0 fully saturated rings. The molecule has 0 aliphatic rings. The van der Waals surface area contributed by atoms with E-state index in [9.17, 15) is 18.0 Å². The number of likely N-dealkylation sites (N-methyl/N-ethyl adjacent to an activating group) is 2. The first-order chi connectivity index (χ1) is 17.6. The lowest BCUT2D eigenvalue weighted by Crippen LogP contribution is -2.53. The second-order valence-corrected chi connectivity index (χ2v) is 11.8. The van der Waals surface area contributed by atoms with E-state index in [0.29, 0.717) is 13.0 Å². The minimum absolute atomic E-state index is 0.109. The van der Waals surface area contributed by atoms with Crippen LogP contribution in [0.1, 0.15) is 23.6 Å². The molecule has 37 heavy (non-hydrogen) atoms. The van der Waals surface area contributed by atoms with Crippen molar-refractivity contribution in [3.05, 3.63) is 100 Å². The van der Waals surface area contributed by atoms with Crippen LogP contribution in [-0.2, 0) is 32.6 Å². The van der Waals surface area contributed by atoms with Crippen molar-refractivity contribution in [1.29, 1.82) is 0 Å². The minimum Gasteiger partial charge on any atom is -0.355 e. The van der Waals surface area contributed by atoms with Gasteiger partial charge in [-0.2, -0.15) is 4.31 Å². The fraction of sp³-hybridized carbons (Fsp3) is 0.286. The van der Waals surface area contributed by atoms with Crippen LogP contribution in [0.2, 0.25) is 0 Å². The zero-order valence-corrected chi connectivity index (χ0v) is 23.6. The molecule has 0 aliphatic heterocycles. The number of halogens is 1. The molecule has 0 radical (unpaired) electrons. The number of carbonyl (C=O) groups is 2. The Hall–Kier alpha value is -3.01. The molecular weight excluding hydrogens is 554 g/mol. The van der Waals surface area contributed by atoms with Gasteiger partial charge < -0.3 is 10.2 Å². The first kappa shape index (κ1) is 28.6. The fourth-order valence-corrected chi connectivity index (χ4v) is 5.27. The van der Waals surface area contributed by atoms with Crippen molar-refractivity contribution in [3.8, 4) is 0 Å². The summed E-state index contributed by atoms with van der Waals surface area (Å²) < 4.78 is 28.3. The Labute approximate surface area is 227 Å². The maximum absolute atomic E-state index is 13.7. The Kier molecular flexibility index (Phi) is 10.0. The third kappa shape index (κ3) is 7.74. The summed E-state index contributed by atoms with van der Waals surface area (Å²) in [7, 11) is -2.52. The van der Waals surface area contributed by atoms with Gasteiger partial charge in [-0.25, -0.2) is 8.42 Å². The Morgan fingerprint density at radius 3 is 2.14 bits per heavy atom. The number of rotatable bonds is 11. The van der Waals surface area contributed by atoms with Gasteiger partial charge in [0.05, 0.1) is 11.4 Å². The summed E-state index contributed by atoms with van der Waals surface area (Å²) in [6, 6.07) is 22.6. The first-order valence-corrected chi connectivity index (χ1v) is 14.2. The summed E-state index contributed by atoms with van der Waals surface area (Å²) in [4.78, 5) is 28.5. The van der Waals surface area contributed by atoms with Crippen molar-refractivity contribution in [2.24, 2.45) is 0 Å². The molecule has 2 amide bonds. The maximum Gasteiger partial charge on any atom is 0.243 e. The van der Waals surface area contributed by atoms with Crippen LogP contribution in [0.5, 0.6) is 0 Å². The highest BCUT2D eigenvalue weighted by Crippen LogP contribution is 2.19. The van der Waals surface area contributed by atoms with Crippen LogP contribution in [0.15, 0.2) is 88.2 Å². The Balaban J connectivity index is 1.94. The lowest BCUT2D eigenvalue weighted by Gasteiger charge is -2.32. The van der Waals surface area contributed by atoms with E-state index in [1.54, 1.807) is 12.1 Å². The molecule has 9 heteroatoms. The van der Waals surface area contributed by atoms with Crippen LogP contribution in [0.3, 0.4) is 0 Å². The number of benzene rings is 3. The Morgan fingerprint density at radius 1 is 0.919 bits per heavy atom. The largest absolute Gasteiger partial charge is 0.355 e. The lowest BCUT2D eigenvalue weighted by atomic mass is 10.0. The zero-order valence-electron chi connectivity index (χ0n) is 21.2. The molecule has 0 spiro atoms. The number of sulfonamides is 1. The van der Waals surface area contributed by atoms with Crippen LogP contribution >= 0.6 is 15.9 Å². The van der Waals surface area contributed by atoms with Gasteiger partial charge in [-0.3, -0.25) is 9.59 Å². The monoisotopic (exact) mass is 585 g/mol. The molecule has 0 saturated carbocycles. The topological polar surface area (TPSA) is 86.8 Å². The Morgan fingerprint density at radius 2 is 1.54 bits per heavy atom. The van der Waals surface area contributed by atoms with E-state index in [1.165, 1.54) is 24.1 Å². The lowest BCUT2D eigenvalue weighted by molar-refractivity contribution is -0.141. The van der Waals surface area contributed by atoms with E-state index < -0.39 is 28.5 Å². The molecule has 3 aromatic rings. The standard InChI is InChI=1S/C28H32BrN3O4S/c1-4-30-28(34)26(18-22-8-6-5-7-9-22)32(19-23-12-14-24(29)15-13-23)27(33)20-31(3)37(35,36)25-16-10-21(2)11-17-25/h5-17,26H,4,18-20H2,1-3H3,(H,30,34)/t26-/m0/s1. The molecule has 7 nitrogen and oxygen atoms in total. The molecule has 0 saturated heterocycles. The highest BCUT2D eigenvalue weighted by atomic mass is 79.9. The van der Waals surface area contributed by atoms with Gasteiger partial charge in [0.15, 0.2) is 0 Å². The van der Waals surface area contributed by atoms with Crippen molar-refractivity contribution >= 4 is 37.8 Å². The van der Waals surface area contributed by atoms with E-state index in [0.717, 1.165) is 25.5 Å². The summed E-state index contributed by atoms with van der Waals surface area (Å²) in [5, 5.41) is 2.84.